The highest BCUT2D eigenvalue weighted by Crippen LogP contribution is 2.29. The van der Waals surface area contributed by atoms with Gasteiger partial charge in [-0.1, -0.05) is 0 Å². The van der Waals surface area contributed by atoms with E-state index in [1.165, 1.54) is 0 Å². The van der Waals surface area contributed by atoms with Gasteiger partial charge < -0.3 is 6.15 Å². The molecule has 0 amide bonds. The summed E-state index contributed by atoms with van der Waals surface area (Å²) in [6.45, 7) is 0. The van der Waals surface area contributed by atoms with Crippen LogP contribution in [-0.4, -0.2) is 18.5 Å². The second-order valence-electron chi connectivity index (χ2n) is 1.71. The molecule has 9 heavy (non-hydrogen) atoms. The monoisotopic (exact) mass is 163 g/mol. The normalized spacial score (nSPS) is 39.7. The van der Waals surface area contributed by atoms with Crippen molar-refractivity contribution in [1.29, 1.82) is 0 Å². The lowest BCUT2D eigenvalue weighted by Crippen LogP contribution is -2.41. The van der Waals surface area contributed by atoms with Crippen LogP contribution in [0.2, 0.25) is 0 Å². The highest BCUT2D eigenvalue weighted by atomic mass is 35.5. The lowest BCUT2D eigenvalue weighted by Gasteiger charge is -2.27. The summed E-state index contributed by atoms with van der Waals surface area (Å²) < 4.78 is 34.6. The number of hydrogen-bond acceptors (Lipinski definition) is 1. The van der Waals surface area contributed by atoms with Crippen LogP contribution < -0.4 is 6.15 Å². The molecule has 0 aromatic carbocycles. The predicted octanol–water partition coefficient (Wildman–Crippen LogP) is 1.99. The maximum atomic E-state index is 11.6. The van der Waals surface area contributed by atoms with Gasteiger partial charge in [0.15, 0.2) is 6.17 Å². The summed E-state index contributed by atoms with van der Waals surface area (Å²) in [6, 6.07) is 0. The summed E-state index contributed by atoms with van der Waals surface area (Å²) in [5.41, 5.74) is 0. The summed E-state index contributed by atoms with van der Waals surface area (Å²) in [4.78, 5) is 0. The molecule has 0 aromatic heterocycles. The quantitative estimate of drug-likeness (QED) is 0.582. The molecule has 0 radical (unpaired) electrons. The zero-order chi connectivity index (χ0) is 5.44. The largest absolute Gasteiger partial charge is 0.344 e. The first-order valence-corrected chi connectivity index (χ1v) is 2.14. The van der Waals surface area contributed by atoms with Crippen molar-refractivity contribution in [3.8, 4) is 0 Å². The van der Waals surface area contributed by atoms with Gasteiger partial charge in [-0.2, -0.15) is 0 Å². The first-order valence-electron chi connectivity index (χ1n) is 2.14. The highest BCUT2D eigenvalue weighted by Gasteiger charge is 2.42. The van der Waals surface area contributed by atoms with Gasteiger partial charge in [0.05, 0.1) is 0 Å². The van der Waals surface area contributed by atoms with Gasteiger partial charge in [-0.3, -0.25) is 0 Å². The zero-order valence-electron chi connectivity index (χ0n) is 4.69. The van der Waals surface area contributed by atoms with E-state index in [0.29, 0.717) is 0 Å². The van der Waals surface area contributed by atoms with E-state index in [2.05, 4.69) is 0 Å². The molecule has 0 saturated heterocycles. The molecular weight excluding hydrogens is 154 g/mol. The van der Waals surface area contributed by atoms with Crippen molar-refractivity contribution < 1.29 is 13.2 Å². The smallest absolute Gasteiger partial charge is 0.162 e. The maximum Gasteiger partial charge on any atom is 0.162 e. The van der Waals surface area contributed by atoms with Crippen LogP contribution in [0.1, 0.15) is 6.42 Å². The highest BCUT2D eigenvalue weighted by molar-refractivity contribution is 5.85. The maximum absolute atomic E-state index is 11.6. The van der Waals surface area contributed by atoms with E-state index in [1.807, 2.05) is 0 Å². The molecule has 5 heteroatoms. The van der Waals surface area contributed by atoms with E-state index < -0.39 is 18.5 Å². The summed E-state index contributed by atoms with van der Waals surface area (Å²) in [5, 5.41) is 0. The fourth-order valence-electron chi connectivity index (χ4n) is 0.506. The van der Waals surface area contributed by atoms with Crippen molar-refractivity contribution in [2.24, 2.45) is 0 Å². The molecule has 1 aliphatic carbocycles. The Bertz CT molecular complexity index is 74.2. The molecule has 1 aliphatic rings. The minimum atomic E-state index is -1.83. The van der Waals surface area contributed by atoms with Crippen molar-refractivity contribution in [2.75, 3.05) is 0 Å². The number of halogens is 4. The summed E-state index contributed by atoms with van der Waals surface area (Å²) >= 11 is 0. The third-order valence-electron chi connectivity index (χ3n) is 1.14. The third-order valence-corrected chi connectivity index (χ3v) is 1.14. The lowest BCUT2D eigenvalue weighted by molar-refractivity contribution is -0.0191. The number of rotatable bonds is 0. The average Bonchev–Trinajstić information content (AvgIpc) is 1.68. The van der Waals surface area contributed by atoms with E-state index in [-0.39, 0.29) is 25.0 Å². The number of hydrogen-bond donors (Lipinski definition) is 1. The molecule has 1 saturated carbocycles. The third kappa shape index (κ3) is 2.02. The molecular formula is C4H9ClF3N. The standard InChI is InChI=1S/C4H5F3.ClH.H3N/c5-2-1-3(6)4(2)7;;/h2-4H,1H2;1H;1H3. The van der Waals surface area contributed by atoms with Gasteiger partial charge in [0.1, 0.15) is 12.3 Å². The van der Waals surface area contributed by atoms with Crippen molar-refractivity contribution >= 4 is 12.4 Å². The average molecular weight is 164 g/mol. The van der Waals surface area contributed by atoms with E-state index >= 15 is 0 Å². The van der Waals surface area contributed by atoms with Crippen LogP contribution in [-0.2, 0) is 0 Å². The van der Waals surface area contributed by atoms with Gasteiger partial charge in [-0.25, -0.2) is 13.2 Å². The molecule has 0 spiro atoms. The molecule has 58 valence electrons. The second kappa shape index (κ2) is 3.95. The molecule has 3 N–H and O–H groups in total. The second-order valence-corrected chi connectivity index (χ2v) is 1.71. The van der Waals surface area contributed by atoms with Crippen LogP contribution in [0.5, 0.6) is 0 Å². The topological polar surface area (TPSA) is 35.0 Å². The Morgan fingerprint density at radius 3 is 1.33 bits per heavy atom. The minimum absolute atomic E-state index is 0. The SMILES string of the molecule is Cl.FC1CC(F)C1F.N. The Morgan fingerprint density at radius 2 is 1.33 bits per heavy atom. The van der Waals surface area contributed by atoms with Gasteiger partial charge in [0.25, 0.3) is 0 Å². The molecule has 1 fully saturated rings. The van der Waals surface area contributed by atoms with Crippen LogP contribution in [0.3, 0.4) is 0 Å². The van der Waals surface area contributed by atoms with Crippen molar-refractivity contribution in [3.05, 3.63) is 0 Å². The summed E-state index contributed by atoms with van der Waals surface area (Å²) in [5.74, 6) is 0. The first kappa shape index (κ1) is 11.8. The Labute approximate surface area is 57.6 Å². The molecule has 0 bridgehead atoms. The van der Waals surface area contributed by atoms with E-state index in [9.17, 15) is 13.2 Å². The van der Waals surface area contributed by atoms with Gasteiger partial charge in [0.2, 0.25) is 0 Å². The van der Waals surface area contributed by atoms with Crippen LogP contribution in [0.25, 0.3) is 0 Å². The fraction of sp³-hybridized carbons (Fsp3) is 1.00. The van der Waals surface area contributed by atoms with E-state index in [0.717, 1.165) is 0 Å². The fourth-order valence-corrected chi connectivity index (χ4v) is 0.506. The Morgan fingerprint density at radius 1 is 1.00 bits per heavy atom. The summed E-state index contributed by atoms with van der Waals surface area (Å²) in [7, 11) is 0. The zero-order valence-corrected chi connectivity index (χ0v) is 5.50. The lowest BCUT2D eigenvalue weighted by atomic mass is 9.93. The summed E-state index contributed by atoms with van der Waals surface area (Å²) in [6.07, 6.45) is -5.15. The van der Waals surface area contributed by atoms with Crippen molar-refractivity contribution in [3.63, 3.8) is 0 Å². The van der Waals surface area contributed by atoms with Gasteiger partial charge >= 0.3 is 0 Å². The molecule has 0 aromatic rings. The molecule has 0 aliphatic heterocycles. The molecule has 0 heterocycles. The number of alkyl halides is 3. The molecule has 2 unspecified atom stereocenters. The predicted molar refractivity (Wildman–Crippen MR) is 31.6 cm³/mol. The molecule has 1 rings (SSSR count). The van der Waals surface area contributed by atoms with Gasteiger partial charge in [-0.05, 0) is 0 Å². The molecule has 2 atom stereocenters. The van der Waals surface area contributed by atoms with Crippen molar-refractivity contribution in [1.82, 2.24) is 6.15 Å². The van der Waals surface area contributed by atoms with E-state index in [4.69, 9.17) is 0 Å². The van der Waals surface area contributed by atoms with Crippen LogP contribution in [0.4, 0.5) is 13.2 Å². The van der Waals surface area contributed by atoms with Crippen LogP contribution >= 0.6 is 12.4 Å². The van der Waals surface area contributed by atoms with Crippen LogP contribution in [0, 0.1) is 0 Å². The van der Waals surface area contributed by atoms with Crippen LogP contribution in [0.15, 0.2) is 0 Å². The van der Waals surface area contributed by atoms with E-state index in [1.54, 1.807) is 0 Å². The molecule has 1 nitrogen and oxygen atoms in total. The minimum Gasteiger partial charge on any atom is -0.344 e. The Kier molecular flexibility index (Phi) is 5.18. The van der Waals surface area contributed by atoms with Crippen molar-refractivity contribution in [2.45, 2.75) is 24.9 Å². The Balaban J connectivity index is 0. The Hall–Kier alpha value is 0.0400. The van der Waals surface area contributed by atoms with Gasteiger partial charge in [0, 0.05) is 6.42 Å². The first-order chi connectivity index (χ1) is 3.22. The van der Waals surface area contributed by atoms with Gasteiger partial charge in [-0.15, -0.1) is 12.4 Å².